The molecule has 0 spiro atoms. The summed E-state index contributed by atoms with van der Waals surface area (Å²) in [6.45, 7) is 0. The summed E-state index contributed by atoms with van der Waals surface area (Å²) in [5, 5.41) is 9.43. The number of furan rings is 1. The van der Waals surface area contributed by atoms with Crippen molar-refractivity contribution in [3.63, 3.8) is 0 Å². The van der Waals surface area contributed by atoms with Crippen LogP contribution in [0.3, 0.4) is 0 Å². The molecule has 4 aromatic heterocycles. The molecule has 200 valence electrons. The van der Waals surface area contributed by atoms with E-state index in [0.29, 0.717) is 11.5 Å². The van der Waals surface area contributed by atoms with E-state index < -0.39 is 0 Å². The monoisotopic (exact) mass is 567 g/mol. The van der Waals surface area contributed by atoms with Crippen LogP contribution in [0.5, 0.6) is 0 Å². The maximum Gasteiger partial charge on any atom is 0.233 e. The Morgan fingerprint density at radius 1 is 0.535 bits per heavy atom. The van der Waals surface area contributed by atoms with Crippen molar-refractivity contribution in [2.45, 2.75) is 0 Å². The first-order valence-corrected chi connectivity index (χ1v) is 15.2. The molecule has 43 heavy (non-hydrogen) atoms. The molecule has 0 aliphatic carbocycles. The summed E-state index contributed by atoms with van der Waals surface area (Å²) >= 11 is 1.86. The molecule has 6 aromatic carbocycles. The molecule has 0 unspecified atom stereocenters. The van der Waals surface area contributed by atoms with Crippen LogP contribution in [-0.2, 0) is 0 Å². The first kappa shape index (κ1) is 23.1. The zero-order valence-electron chi connectivity index (χ0n) is 22.8. The van der Waals surface area contributed by atoms with Crippen molar-refractivity contribution >= 4 is 86.2 Å². The lowest BCUT2D eigenvalue weighted by atomic mass is 10.0. The van der Waals surface area contributed by atoms with E-state index in [4.69, 9.17) is 14.4 Å². The summed E-state index contributed by atoms with van der Waals surface area (Å²) in [6, 6.07) is 44.9. The number of nitrogens with zero attached hydrogens (tertiary/aromatic N) is 3. The summed E-state index contributed by atoms with van der Waals surface area (Å²) in [5.41, 5.74) is 4.55. The molecular weight excluding hydrogens is 547 g/mol. The molecule has 0 aliphatic rings. The fourth-order valence-corrected chi connectivity index (χ4v) is 7.84. The van der Waals surface area contributed by atoms with Crippen molar-refractivity contribution in [1.82, 2.24) is 14.5 Å². The highest BCUT2D eigenvalue weighted by molar-refractivity contribution is 7.26. The second-order valence-electron chi connectivity index (χ2n) is 11.0. The number of fused-ring (bicyclic) bond motifs is 11. The van der Waals surface area contributed by atoms with E-state index in [1.807, 2.05) is 59.9 Å². The van der Waals surface area contributed by atoms with Crippen LogP contribution < -0.4 is 0 Å². The lowest BCUT2D eigenvalue weighted by molar-refractivity contribution is 0.653. The highest BCUT2D eigenvalue weighted by atomic mass is 32.1. The Labute approximate surface area is 249 Å². The van der Waals surface area contributed by atoms with Gasteiger partial charge in [-0.1, -0.05) is 91.0 Å². The van der Waals surface area contributed by atoms with Gasteiger partial charge in [0.1, 0.15) is 5.58 Å². The molecule has 0 radical (unpaired) electrons. The van der Waals surface area contributed by atoms with Crippen molar-refractivity contribution in [1.29, 1.82) is 0 Å². The Hall–Kier alpha value is -5.52. The minimum Gasteiger partial charge on any atom is -0.437 e. The minimum atomic E-state index is 0.586. The third-order valence-corrected chi connectivity index (χ3v) is 9.75. The lowest BCUT2D eigenvalue weighted by Crippen LogP contribution is -2.02. The minimum absolute atomic E-state index is 0.586. The first-order chi connectivity index (χ1) is 21.3. The quantitative estimate of drug-likeness (QED) is 0.209. The van der Waals surface area contributed by atoms with E-state index in [2.05, 4.69) is 83.4 Å². The lowest BCUT2D eigenvalue weighted by Gasteiger charge is -2.11. The molecule has 0 N–H and O–H groups in total. The molecule has 0 aliphatic heterocycles. The maximum absolute atomic E-state index is 6.36. The second kappa shape index (κ2) is 8.51. The summed E-state index contributed by atoms with van der Waals surface area (Å²) in [4.78, 5) is 10.2. The standard InChI is InChI=1S/C38H21N3OS/c1-2-10-22(11-3-1)36-39-37(35-25-13-5-8-16-31(25)42-38(35)40-36)41-29-15-7-4-12-24(29)28-21-27-23(20-30(28)41)18-19-33-34(27)26-14-6-9-17-32(26)43-33/h1-21H. The van der Waals surface area contributed by atoms with Gasteiger partial charge in [0.25, 0.3) is 0 Å². The fraction of sp³-hybridized carbons (Fsp3) is 0. The highest BCUT2D eigenvalue weighted by Crippen LogP contribution is 2.43. The van der Waals surface area contributed by atoms with Crippen LogP contribution in [0.25, 0.3) is 92.0 Å². The Balaban J connectivity index is 1.39. The summed E-state index contributed by atoms with van der Waals surface area (Å²) in [5.74, 6) is 1.46. The number of rotatable bonds is 2. The molecule has 4 heterocycles. The van der Waals surface area contributed by atoms with Crippen molar-refractivity contribution < 1.29 is 4.42 Å². The van der Waals surface area contributed by atoms with Gasteiger partial charge in [-0.25, -0.2) is 4.98 Å². The molecule has 0 bridgehead atoms. The first-order valence-electron chi connectivity index (χ1n) is 14.3. The van der Waals surface area contributed by atoms with E-state index in [-0.39, 0.29) is 0 Å². The molecule has 0 amide bonds. The molecule has 0 saturated carbocycles. The fourth-order valence-electron chi connectivity index (χ4n) is 6.72. The topological polar surface area (TPSA) is 43.9 Å². The van der Waals surface area contributed by atoms with Gasteiger partial charge in [0, 0.05) is 41.9 Å². The van der Waals surface area contributed by atoms with Crippen LogP contribution in [0.4, 0.5) is 0 Å². The van der Waals surface area contributed by atoms with E-state index >= 15 is 0 Å². The molecule has 0 atom stereocenters. The molecule has 0 saturated heterocycles. The summed E-state index contributed by atoms with van der Waals surface area (Å²) in [6.07, 6.45) is 0. The molecule has 4 nitrogen and oxygen atoms in total. The van der Waals surface area contributed by atoms with Gasteiger partial charge in [0.05, 0.1) is 16.4 Å². The Bertz CT molecular complexity index is 2730. The third-order valence-electron chi connectivity index (χ3n) is 8.61. The third kappa shape index (κ3) is 3.20. The second-order valence-corrected chi connectivity index (χ2v) is 12.1. The zero-order chi connectivity index (χ0) is 28.1. The van der Waals surface area contributed by atoms with E-state index in [9.17, 15) is 0 Å². The van der Waals surface area contributed by atoms with Crippen LogP contribution in [0.2, 0.25) is 0 Å². The Kier molecular flexibility index (Phi) is 4.57. The molecule has 0 fully saturated rings. The highest BCUT2D eigenvalue weighted by Gasteiger charge is 2.22. The Morgan fingerprint density at radius 3 is 2.21 bits per heavy atom. The van der Waals surface area contributed by atoms with Crippen molar-refractivity contribution in [3.8, 4) is 17.2 Å². The SMILES string of the molecule is c1ccc(-c2nc(-n3c4ccccc4c4cc5c(ccc6sc7ccccc7c65)cc43)c3c(n2)oc2ccccc23)cc1. The van der Waals surface area contributed by atoms with Crippen molar-refractivity contribution in [3.05, 3.63) is 127 Å². The van der Waals surface area contributed by atoms with Gasteiger partial charge in [-0.05, 0) is 47.2 Å². The maximum atomic E-state index is 6.36. The number of benzene rings is 6. The normalized spacial score (nSPS) is 12.2. The molecule has 10 rings (SSSR count). The van der Waals surface area contributed by atoms with Gasteiger partial charge in [-0.15, -0.1) is 11.3 Å². The average molecular weight is 568 g/mol. The number of para-hydroxylation sites is 2. The Morgan fingerprint density at radius 2 is 1.30 bits per heavy atom. The van der Waals surface area contributed by atoms with Crippen molar-refractivity contribution in [2.24, 2.45) is 0 Å². The zero-order valence-corrected chi connectivity index (χ0v) is 23.6. The van der Waals surface area contributed by atoms with Gasteiger partial charge in [0.2, 0.25) is 5.71 Å². The van der Waals surface area contributed by atoms with Gasteiger partial charge in [-0.2, -0.15) is 4.98 Å². The predicted octanol–water partition coefficient (Wildman–Crippen LogP) is 10.7. The van der Waals surface area contributed by atoms with E-state index in [0.717, 1.165) is 38.8 Å². The largest absolute Gasteiger partial charge is 0.437 e. The van der Waals surface area contributed by atoms with Crippen LogP contribution in [0.1, 0.15) is 0 Å². The van der Waals surface area contributed by atoms with Crippen LogP contribution in [0, 0.1) is 0 Å². The average Bonchev–Trinajstić information content (AvgIpc) is 3.73. The number of thiophene rings is 1. The van der Waals surface area contributed by atoms with Gasteiger partial charge >= 0.3 is 0 Å². The summed E-state index contributed by atoms with van der Waals surface area (Å²) in [7, 11) is 0. The number of hydrogen-bond donors (Lipinski definition) is 0. The van der Waals surface area contributed by atoms with Crippen LogP contribution in [0.15, 0.2) is 132 Å². The van der Waals surface area contributed by atoms with Crippen LogP contribution >= 0.6 is 11.3 Å². The number of aromatic nitrogens is 3. The summed E-state index contributed by atoms with van der Waals surface area (Å²) < 4.78 is 11.3. The number of hydrogen-bond acceptors (Lipinski definition) is 4. The molecular formula is C38H21N3OS. The molecule has 10 aromatic rings. The van der Waals surface area contributed by atoms with Gasteiger partial charge < -0.3 is 4.42 Å². The molecule has 5 heteroatoms. The van der Waals surface area contributed by atoms with Crippen molar-refractivity contribution in [2.75, 3.05) is 0 Å². The van der Waals surface area contributed by atoms with E-state index in [1.54, 1.807) is 0 Å². The van der Waals surface area contributed by atoms with Gasteiger partial charge in [0.15, 0.2) is 11.6 Å². The predicted molar refractivity (Wildman–Crippen MR) is 179 cm³/mol. The van der Waals surface area contributed by atoms with E-state index in [1.165, 1.54) is 41.7 Å². The van der Waals surface area contributed by atoms with Gasteiger partial charge in [-0.3, -0.25) is 4.57 Å². The smallest absolute Gasteiger partial charge is 0.233 e. The van der Waals surface area contributed by atoms with Crippen LogP contribution in [-0.4, -0.2) is 14.5 Å².